The minimum absolute atomic E-state index is 0.133. The van der Waals surface area contributed by atoms with Gasteiger partial charge in [-0.05, 0) is 42.8 Å². The molecule has 9 heteroatoms. The molecule has 37 heavy (non-hydrogen) atoms. The summed E-state index contributed by atoms with van der Waals surface area (Å²) in [7, 11) is 0. The zero-order valence-electron chi connectivity index (χ0n) is 21.0. The van der Waals surface area contributed by atoms with E-state index in [1.807, 2.05) is 0 Å². The molecule has 0 saturated carbocycles. The van der Waals surface area contributed by atoms with Gasteiger partial charge in [0.15, 0.2) is 0 Å². The molecule has 1 aromatic heterocycles. The van der Waals surface area contributed by atoms with Gasteiger partial charge < -0.3 is 4.74 Å². The van der Waals surface area contributed by atoms with Crippen molar-refractivity contribution >= 4 is 28.5 Å². The first-order valence-electron chi connectivity index (χ1n) is 13.0. The molecule has 6 nitrogen and oxygen atoms in total. The maximum absolute atomic E-state index is 13.9. The summed E-state index contributed by atoms with van der Waals surface area (Å²) < 4.78 is 48.6. The Bertz CT molecular complexity index is 1220. The Kier molecular flexibility index (Phi) is 8.51. The number of hydrogen-bond acceptors (Lipinski definition) is 4. The SMILES string of the molecule is CCCCCCCCCCOc1ccc2c(c1)nc(C(F)(F)F)n2-c1ccc(N2C(=O)CCC2=O)cc1. The summed E-state index contributed by atoms with van der Waals surface area (Å²) in [5.74, 6) is -1.21. The van der Waals surface area contributed by atoms with E-state index in [4.69, 9.17) is 4.74 Å². The monoisotopic (exact) mass is 515 g/mol. The maximum Gasteiger partial charge on any atom is 0.450 e. The number of carbonyl (C=O) groups is 2. The fraction of sp³-hybridized carbons (Fsp3) is 0.464. The smallest absolute Gasteiger partial charge is 0.450 e. The van der Waals surface area contributed by atoms with Crippen molar-refractivity contribution in [3.05, 3.63) is 48.3 Å². The Morgan fingerprint density at radius 2 is 1.43 bits per heavy atom. The number of hydrogen-bond donors (Lipinski definition) is 0. The van der Waals surface area contributed by atoms with Crippen molar-refractivity contribution in [1.29, 1.82) is 0 Å². The van der Waals surface area contributed by atoms with E-state index < -0.39 is 12.0 Å². The molecule has 1 saturated heterocycles. The first-order chi connectivity index (χ1) is 17.8. The Labute approximate surface area is 214 Å². The second kappa shape index (κ2) is 11.8. The van der Waals surface area contributed by atoms with Crippen LogP contribution in [0.3, 0.4) is 0 Å². The van der Waals surface area contributed by atoms with Gasteiger partial charge in [0.25, 0.3) is 0 Å². The second-order valence-electron chi connectivity index (χ2n) is 9.38. The second-order valence-corrected chi connectivity index (χ2v) is 9.38. The van der Waals surface area contributed by atoms with E-state index in [0.29, 0.717) is 18.0 Å². The number of halogens is 3. The van der Waals surface area contributed by atoms with Gasteiger partial charge in [-0.3, -0.25) is 19.1 Å². The zero-order valence-corrected chi connectivity index (χ0v) is 21.0. The van der Waals surface area contributed by atoms with E-state index in [1.54, 1.807) is 12.1 Å². The van der Waals surface area contributed by atoms with Crippen LogP contribution in [0.1, 0.15) is 77.0 Å². The number of carbonyl (C=O) groups excluding carboxylic acids is 2. The maximum atomic E-state index is 13.9. The third kappa shape index (κ3) is 6.32. The molecule has 2 aromatic carbocycles. The molecule has 0 radical (unpaired) electrons. The lowest BCUT2D eigenvalue weighted by molar-refractivity contribution is -0.145. The molecule has 1 fully saturated rings. The molecule has 0 spiro atoms. The number of amides is 2. The average Bonchev–Trinajstić information content (AvgIpc) is 3.42. The van der Waals surface area contributed by atoms with E-state index in [9.17, 15) is 22.8 Å². The van der Waals surface area contributed by atoms with Gasteiger partial charge in [0, 0.05) is 24.6 Å². The number of anilines is 1. The zero-order chi connectivity index (χ0) is 26.4. The molecule has 198 valence electrons. The predicted octanol–water partition coefficient (Wildman–Crippen LogP) is 7.22. The Morgan fingerprint density at radius 1 is 0.838 bits per heavy atom. The summed E-state index contributed by atoms with van der Waals surface area (Å²) in [6.07, 6.45) is 4.96. The van der Waals surface area contributed by atoms with Gasteiger partial charge in [0.2, 0.25) is 17.6 Å². The number of ether oxygens (including phenoxy) is 1. The number of unbranched alkanes of at least 4 members (excludes halogenated alkanes) is 7. The standard InChI is InChI=1S/C28H32F3N3O3/c1-2-3-4-5-6-7-8-9-18-37-22-14-15-24-23(19-22)32-27(28(29,30)31)33(24)20-10-12-21(13-11-20)34-25(35)16-17-26(34)36/h10-15,19H,2-9,16-18H2,1H3. The van der Waals surface area contributed by atoms with Crippen LogP contribution in [0.25, 0.3) is 16.7 Å². The van der Waals surface area contributed by atoms with Crippen LogP contribution in [0.4, 0.5) is 18.9 Å². The lowest BCUT2D eigenvalue weighted by Crippen LogP contribution is -2.28. The minimum Gasteiger partial charge on any atom is -0.494 e. The highest BCUT2D eigenvalue weighted by Gasteiger charge is 2.38. The summed E-state index contributed by atoms with van der Waals surface area (Å²) in [5, 5.41) is 0. The van der Waals surface area contributed by atoms with E-state index >= 15 is 0 Å². The normalized spacial score (nSPS) is 14.2. The summed E-state index contributed by atoms with van der Waals surface area (Å²) in [6.45, 7) is 2.70. The molecule has 0 atom stereocenters. The van der Waals surface area contributed by atoms with E-state index in [0.717, 1.165) is 28.7 Å². The highest BCUT2D eigenvalue weighted by atomic mass is 19.4. The van der Waals surface area contributed by atoms with Crippen LogP contribution in [0, 0.1) is 0 Å². The highest BCUT2D eigenvalue weighted by molar-refractivity contribution is 6.19. The molecule has 1 aliphatic rings. The Morgan fingerprint density at radius 3 is 2.05 bits per heavy atom. The molecule has 2 heterocycles. The summed E-state index contributed by atoms with van der Waals surface area (Å²) in [6, 6.07) is 10.6. The van der Waals surface area contributed by atoms with Gasteiger partial charge in [-0.2, -0.15) is 13.2 Å². The van der Waals surface area contributed by atoms with Crippen LogP contribution in [0.15, 0.2) is 42.5 Å². The number of fused-ring (bicyclic) bond motifs is 1. The Balaban J connectivity index is 1.47. The summed E-state index contributed by atoms with van der Waals surface area (Å²) in [5.41, 5.74) is 1.03. The number of nitrogens with zero attached hydrogens (tertiary/aromatic N) is 3. The molecule has 4 rings (SSSR count). The van der Waals surface area contributed by atoms with E-state index in [-0.39, 0.29) is 41.4 Å². The predicted molar refractivity (Wildman–Crippen MR) is 136 cm³/mol. The van der Waals surface area contributed by atoms with Crippen molar-refractivity contribution in [2.75, 3.05) is 11.5 Å². The molecule has 3 aromatic rings. The molecule has 0 aliphatic carbocycles. The van der Waals surface area contributed by atoms with Crippen molar-refractivity contribution in [2.24, 2.45) is 0 Å². The first kappa shape index (κ1) is 26.7. The van der Waals surface area contributed by atoms with Gasteiger partial charge in [-0.15, -0.1) is 0 Å². The van der Waals surface area contributed by atoms with Crippen molar-refractivity contribution in [1.82, 2.24) is 9.55 Å². The molecule has 0 N–H and O–H groups in total. The van der Waals surface area contributed by atoms with Crippen molar-refractivity contribution in [3.63, 3.8) is 0 Å². The quantitative estimate of drug-likeness (QED) is 0.189. The number of imide groups is 1. The largest absolute Gasteiger partial charge is 0.494 e. The van der Waals surface area contributed by atoms with Gasteiger partial charge >= 0.3 is 6.18 Å². The lowest BCUT2D eigenvalue weighted by atomic mass is 10.1. The van der Waals surface area contributed by atoms with Gasteiger partial charge in [0.1, 0.15) is 5.75 Å². The first-order valence-corrected chi connectivity index (χ1v) is 13.0. The van der Waals surface area contributed by atoms with Crippen LogP contribution in [-0.2, 0) is 15.8 Å². The Hall–Kier alpha value is -3.36. The van der Waals surface area contributed by atoms with Gasteiger partial charge in [-0.1, -0.05) is 51.9 Å². The molecule has 0 unspecified atom stereocenters. The minimum atomic E-state index is -4.68. The van der Waals surface area contributed by atoms with Crippen LogP contribution < -0.4 is 9.64 Å². The number of benzene rings is 2. The van der Waals surface area contributed by atoms with Gasteiger partial charge in [0.05, 0.1) is 23.3 Å². The molecule has 0 bridgehead atoms. The third-order valence-corrected chi connectivity index (χ3v) is 6.56. The van der Waals surface area contributed by atoms with Crippen molar-refractivity contribution < 1.29 is 27.5 Å². The average molecular weight is 516 g/mol. The summed E-state index contributed by atoms with van der Waals surface area (Å²) in [4.78, 5) is 28.9. The number of imidazole rings is 1. The number of aromatic nitrogens is 2. The molecular formula is C28H32F3N3O3. The number of rotatable bonds is 12. The van der Waals surface area contributed by atoms with Crippen LogP contribution in [0.5, 0.6) is 5.75 Å². The molecule has 2 amide bonds. The fourth-order valence-electron chi connectivity index (χ4n) is 4.64. The number of alkyl halides is 3. The topological polar surface area (TPSA) is 64.4 Å². The van der Waals surface area contributed by atoms with Crippen molar-refractivity contribution in [3.8, 4) is 11.4 Å². The van der Waals surface area contributed by atoms with Crippen LogP contribution >= 0.6 is 0 Å². The molecule has 1 aliphatic heterocycles. The van der Waals surface area contributed by atoms with E-state index in [1.165, 1.54) is 62.4 Å². The van der Waals surface area contributed by atoms with Crippen molar-refractivity contribution in [2.45, 2.75) is 77.3 Å². The van der Waals surface area contributed by atoms with Crippen LogP contribution in [-0.4, -0.2) is 28.0 Å². The van der Waals surface area contributed by atoms with Gasteiger partial charge in [-0.25, -0.2) is 4.98 Å². The fourth-order valence-corrected chi connectivity index (χ4v) is 4.64. The van der Waals surface area contributed by atoms with E-state index in [2.05, 4.69) is 11.9 Å². The lowest BCUT2D eigenvalue weighted by Gasteiger charge is -2.16. The summed E-state index contributed by atoms with van der Waals surface area (Å²) >= 11 is 0. The highest BCUT2D eigenvalue weighted by Crippen LogP contribution is 2.35. The third-order valence-electron chi connectivity index (χ3n) is 6.56. The molecular weight excluding hydrogens is 483 g/mol. The van der Waals surface area contributed by atoms with Crippen LogP contribution in [0.2, 0.25) is 0 Å².